The minimum absolute atomic E-state index is 0. The van der Waals surface area contributed by atoms with Crippen molar-refractivity contribution < 1.29 is 0 Å². The first-order chi connectivity index (χ1) is 5.86. The van der Waals surface area contributed by atoms with E-state index in [0.29, 0.717) is 13.1 Å². The molecule has 0 atom stereocenters. The number of hydrogen-bond donors (Lipinski definition) is 1. The summed E-state index contributed by atoms with van der Waals surface area (Å²) in [6.07, 6.45) is 0. The van der Waals surface area contributed by atoms with E-state index in [1.807, 2.05) is 24.3 Å². The van der Waals surface area contributed by atoms with Gasteiger partial charge in [-0.05, 0) is 16.7 Å². The van der Waals surface area contributed by atoms with Crippen LogP contribution < -0.4 is 5.73 Å². The molecule has 0 aliphatic rings. The Hall–Kier alpha value is -1.22. The number of rotatable bonds is 3. The Balaban J connectivity index is 0.00000144. The predicted molar refractivity (Wildman–Crippen MR) is 54.4 cm³/mol. The van der Waals surface area contributed by atoms with Crippen LogP contribution in [-0.2, 0) is 13.1 Å². The van der Waals surface area contributed by atoms with E-state index in [4.69, 9.17) is 11.3 Å². The van der Waals surface area contributed by atoms with Gasteiger partial charge in [0, 0.05) is 11.5 Å². The molecular formula is C8H11ClN4. The third-order valence-corrected chi connectivity index (χ3v) is 1.54. The highest BCUT2D eigenvalue weighted by Gasteiger charge is 1.91. The molecule has 0 radical (unpaired) electrons. The Kier molecular flexibility index (Phi) is 5.72. The van der Waals surface area contributed by atoms with Crippen molar-refractivity contribution >= 4 is 12.4 Å². The van der Waals surface area contributed by atoms with Crippen LogP contribution in [0.15, 0.2) is 29.4 Å². The monoisotopic (exact) mass is 198 g/mol. The molecular weight excluding hydrogens is 188 g/mol. The molecule has 0 bridgehead atoms. The first-order valence-corrected chi connectivity index (χ1v) is 3.65. The van der Waals surface area contributed by atoms with Gasteiger partial charge in [-0.3, -0.25) is 0 Å². The van der Waals surface area contributed by atoms with Crippen LogP contribution in [0.5, 0.6) is 0 Å². The van der Waals surface area contributed by atoms with Crippen molar-refractivity contribution in [2.24, 2.45) is 10.8 Å². The van der Waals surface area contributed by atoms with Gasteiger partial charge in [0.25, 0.3) is 0 Å². The molecule has 13 heavy (non-hydrogen) atoms. The van der Waals surface area contributed by atoms with E-state index < -0.39 is 0 Å². The first-order valence-electron chi connectivity index (χ1n) is 3.65. The van der Waals surface area contributed by atoms with Crippen molar-refractivity contribution in [1.29, 1.82) is 0 Å². The van der Waals surface area contributed by atoms with Crippen LogP contribution in [0, 0.1) is 0 Å². The van der Waals surface area contributed by atoms with Crippen molar-refractivity contribution in [3.8, 4) is 0 Å². The molecule has 0 spiro atoms. The molecule has 1 rings (SSSR count). The number of benzene rings is 1. The van der Waals surface area contributed by atoms with Crippen LogP contribution in [0.3, 0.4) is 0 Å². The van der Waals surface area contributed by atoms with E-state index in [0.717, 1.165) is 11.1 Å². The first kappa shape index (κ1) is 11.8. The fraction of sp³-hybridized carbons (Fsp3) is 0.250. The Morgan fingerprint density at radius 1 is 1.38 bits per heavy atom. The van der Waals surface area contributed by atoms with Gasteiger partial charge in [0.2, 0.25) is 0 Å². The number of hydrogen-bond acceptors (Lipinski definition) is 2. The highest BCUT2D eigenvalue weighted by Crippen LogP contribution is 2.05. The molecule has 4 nitrogen and oxygen atoms in total. The maximum Gasteiger partial charge on any atom is 0.0510 e. The molecule has 2 N–H and O–H groups in total. The average Bonchev–Trinajstić information content (AvgIpc) is 2.15. The van der Waals surface area contributed by atoms with Crippen molar-refractivity contribution in [1.82, 2.24) is 0 Å². The van der Waals surface area contributed by atoms with Gasteiger partial charge in [0.1, 0.15) is 0 Å². The standard InChI is InChI=1S/C8H10N4.ClH/c9-5-7-2-1-3-8(4-7)6-11-12-10;/h1-4H,5-6,9H2;1H. The van der Waals surface area contributed by atoms with Gasteiger partial charge < -0.3 is 5.73 Å². The van der Waals surface area contributed by atoms with Crippen LogP contribution in [0.2, 0.25) is 0 Å². The summed E-state index contributed by atoms with van der Waals surface area (Å²) in [6.45, 7) is 0.911. The maximum absolute atomic E-state index is 8.09. The molecule has 0 saturated carbocycles. The maximum atomic E-state index is 8.09. The summed E-state index contributed by atoms with van der Waals surface area (Å²) in [7, 11) is 0. The van der Waals surface area contributed by atoms with Crippen molar-refractivity contribution in [2.45, 2.75) is 13.1 Å². The normalized spacial score (nSPS) is 8.38. The van der Waals surface area contributed by atoms with Gasteiger partial charge >= 0.3 is 0 Å². The van der Waals surface area contributed by atoms with Crippen LogP contribution in [0.25, 0.3) is 10.4 Å². The molecule has 1 aromatic carbocycles. The summed E-state index contributed by atoms with van der Waals surface area (Å²) in [5, 5.41) is 3.46. The Morgan fingerprint density at radius 3 is 2.69 bits per heavy atom. The van der Waals surface area contributed by atoms with Crippen molar-refractivity contribution in [3.05, 3.63) is 45.8 Å². The Labute approximate surface area is 82.8 Å². The van der Waals surface area contributed by atoms with Gasteiger partial charge in [-0.1, -0.05) is 29.4 Å². The number of nitrogens with zero attached hydrogens (tertiary/aromatic N) is 3. The van der Waals surface area contributed by atoms with Crippen LogP contribution >= 0.6 is 12.4 Å². The SMILES string of the molecule is Cl.[N-]=[N+]=NCc1cccc(CN)c1. The number of azide groups is 1. The third kappa shape index (κ3) is 3.80. The number of nitrogens with two attached hydrogens (primary N) is 1. The molecule has 0 aliphatic carbocycles. The second-order valence-electron chi connectivity index (χ2n) is 2.41. The molecule has 0 saturated heterocycles. The zero-order valence-corrected chi connectivity index (χ0v) is 7.87. The smallest absolute Gasteiger partial charge is 0.0510 e. The largest absolute Gasteiger partial charge is 0.326 e. The second-order valence-corrected chi connectivity index (χ2v) is 2.41. The average molecular weight is 199 g/mol. The van der Waals surface area contributed by atoms with Crippen LogP contribution in [0.4, 0.5) is 0 Å². The molecule has 5 heteroatoms. The molecule has 0 heterocycles. The fourth-order valence-electron chi connectivity index (χ4n) is 0.968. The predicted octanol–water partition coefficient (Wildman–Crippen LogP) is 2.38. The molecule has 0 fully saturated rings. The van der Waals surface area contributed by atoms with Crippen LogP contribution in [0.1, 0.15) is 11.1 Å². The minimum Gasteiger partial charge on any atom is -0.326 e. The Morgan fingerprint density at radius 2 is 2.08 bits per heavy atom. The molecule has 0 unspecified atom stereocenters. The lowest BCUT2D eigenvalue weighted by Gasteiger charge is -1.98. The van der Waals surface area contributed by atoms with Crippen molar-refractivity contribution in [2.75, 3.05) is 0 Å². The molecule has 70 valence electrons. The summed E-state index contributed by atoms with van der Waals surface area (Å²) in [5.74, 6) is 0. The third-order valence-electron chi connectivity index (χ3n) is 1.54. The quantitative estimate of drug-likeness (QED) is 0.452. The van der Waals surface area contributed by atoms with Gasteiger partial charge in [-0.2, -0.15) is 0 Å². The lowest BCUT2D eigenvalue weighted by atomic mass is 10.1. The lowest BCUT2D eigenvalue weighted by molar-refractivity contribution is 1.01. The second kappa shape index (κ2) is 6.31. The van der Waals surface area contributed by atoms with Crippen LogP contribution in [-0.4, -0.2) is 0 Å². The Bertz CT molecular complexity index is 307. The summed E-state index contributed by atoms with van der Waals surface area (Å²) in [4.78, 5) is 2.68. The molecule has 0 amide bonds. The highest BCUT2D eigenvalue weighted by molar-refractivity contribution is 5.85. The van der Waals surface area contributed by atoms with E-state index in [1.165, 1.54) is 0 Å². The fourth-order valence-corrected chi connectivity index (χ4v) is 0.968. The highest BCUT2D eigenvalue weighted by atomic mass is 35.5. The summed E-state index contributed by atoms with van der Waals surface area (Å²) >= 11 is 0. The van der Waals surface area contributed by atoms with E-state index >= 15 is 0 Å². The zero-order chi connectivity index (χ0) is 8.81. The molecule has 0 aromatic heterocycles. The topological polar surface area (TPSA) is 74.8 Å². The zero-order valence-electron chi connectivity index (χ0n) is 7.05. The summed E-state index contributed by atoms with van der Waals surface area (Å²) in [5.41, 5.74) is 15.6. The summed E-state index contributed by atoms with van der Waals surface area (Å²) in [6, 6.07) is 7.70. The molecule has 1 aromatic rings. The van der Waals surface area contributed by atoms with E-state index in [9.17, 15) is 0 Å². The summed E-state index contributed by atoms with van der Waals surface area (Å²) < 4.78 is 0. The molecule has 0 aliphatic heterocycles. The van der Waals surface area contributed by atoms with E-state index in [2.05, 4.69) is 10.0 Å². The van der Waals surface area contributed by atoms with E-state index in [-0.39, 0.29) is 12.4 Å². The number of halogens is 1. The minimum atomic E-state index is 0. The lowest BCUT2D eigenvalue weighted by Crippen LogP contribution is -1.96. The van der Waals surface area contributed by atoms with Gasteiger partial charge in [-0.15, -0.1) is 12.4 Å². The van der Waals surface area contributed by atoms with Crippen molar-refractivity contribution in [3.63, 3.8) is 0 Å². The van der Waals surface area contributed by atoms with Gasteiger partial charge in [-0.25, -0.2) is 0 Å². The van der Waals surface area contributed by atoms with E-state index in [1.54, 1.807) is 0 Å². The van der Waals surface area contributed by atoms with Gasteiger partial charge in [0.05, 0.1) is 6.54 Å². The van der Waals surface area contributed by atoms with Gasteiger partial charge in [0.15, 0.2) is 0 Å².